The van der Waals surface area contributed by atoms with Gasteiger partial charge in [0.1, 0.15) is 0 Å². The van der Waals surface area contributed by atoms with E-state index in [0.717, 1.165) is 19.6 Å². The topological polar surface area (TPSA) is 32.5 Å². The highest BCUT2D eigenvalue weighted by Gasteiger charge is 2.31. The molecular weight excluding hydrogens is 258 g/mol. The van der Waals surface area contributed by atoms with Crippen LogP contribution in [0.1, 0.15) is 44.4 Å². The predicted octanol–water partition coefficient (Wildman–Crippen LogP) is 2.80. The lowest BCUT2D eigenvalue weighted by Gasteiger charge is -2.31. The number of rotatable bonds is 6. The molecule has 0 radical (unpaired) electrons. The van der Waals surface area contributed by atoms with Gasteiger partial charge in [-0.05, 0) is 38.9 Å². The molecule has 0 saturated carbocycles. The number of aryl methyl sites for hydroxylation is 1. The Morgan fingerprint density at radius 1 is 1.24 bits per heavy atom. The minimum Gasteiger partial charge on any atom is -0.323 e. The van der Waals surface area contributed by atoms with Crippen molar-refractivity contribution in [1.29, 1.82) is 0 Å². The molecule has 0 aromatic heterocycles. The summed E-state index contributed by atoms with van der Waals surface area (Å²) in [6.07, 6.45) is 1.27. The fraction of sp³-hybridized carbons (Fsp3) is 0.667. The standard InChI is InChI=1S/C18H31N3/c1-5-20(6-2)17-11-12-21(13-17)15(4)18(19)16-9-7-14(3)8-10-16/h7-10,15,17-18H,5-6,11-13,19H2,1-4H3. The Hall–Kier alpha value is -0.900. The van der Waals surface area contributed by atoms with Crippen molar-refractivity contribution in [2.75, 3.05) is 26.2 Å². The first-order valence-electron chi connectivity index (χ1n) is 8.37. The van der Waals surface area contributed by atoms with Crippen LogP contribution in [0.4, 0.5) is 0 Å². The Kier molecular flexibility index (Phi) is 5.80. The molecule has 1 saturated heterocycles. The van der Waals surface area contributed by atoms with Crippen LogP contribution in [0, 0.1) is 6.92 Å². The van der Waals surface area contributed by atoms with Gasteiger partial charge in [-0.2, -0.15) is 0 Å². The zero-order valence-corrected chi connectivity index (χ0v) is 14.0. The van der Waals surface area contributed by atoms with Crippen LogP contribution in [0.3, 0.4) is 0 Å². The summed E-state index contributed by atoms with van der Waals surface area (Å²) in [6.45, 7) is 13.5. The molecule has 2 N–H and O–H groups in total. The highest BCUT2D eigenvalue weighted by atomic mass is 15.3. The molecule has 3 atom stereocenters. The Morgan fingerprint density at radius 3 is 2.43 bits per heavy atom. The van der Waals surface area contributed by atoms with E-state index in [1.54, 1.807) is 0 Å². The molecule has 118 valence electrons. The summed E-state index contributed by atoms with van der Waals surface area (Å²) in [6, 6.07) is 9.86. The van der Waals surface area contributed by atoms with Gasteiger partial charge in [0, 0.05) is 31.2 Å². The fourth-order valence-electron chi connectivity index (χ4n) is 3.47. The van der Waals surface area contributed by atoms with Crippen LogP contribution in [0.2, 0.25) is 0 Å². The van der Waals surface area contributed by atoms with Crippen LogP contribution in [0.25, 0.3) is 0 Å². The van der Waals surface area contributed by atoms with Gasteiger partial charge in [0.15, 0.2) is 0 Å². The molecule has 0 aliphatic carbocycles. The van der Waals surface area contributed by atoms with E-state index in [9.17, 15) is 0 Å². The van der Waals surface area contributed by atoms with E-state index >= 15 is 0 Å². The quantitative estimate of drug-likeness (QED) is 0.874. The molecular formula is C18H31N3. The van der Waals surface area contributed by atoms with Gasteiger partial charge >= 0.3 is 0 Å². The molecule has 0 spiro atoms. The lowest BCUT2D eigenvalue weighted by Crippen LogP contribution is -2.42. The third-order valence-corrected chi connectivity index (χ3v) is 5.08. The molecule has 3 heteroatoms. The Morgan fingerprint density at radius 2 is 1.86 bits per heavy atom. The third-order valence-electron chi connectivity index (χ3n) is 5.08. The van der Waals surface area contributed by atoms with Crippen molar-refractivity contribution in [1.82, 2.24) is 9.80 Å². The SMILES string of the molecule is CCN(CC)C1CCN(C(C)C(N)c2ccc(C)cc2)C1. The second-order valence-electron chi connectivity index (χ2n) is 6.34. The Balaban J connectivity index is 1.97. The number of hydrogen-bond acceptors (Lipinski definition) is 3. The molecule has 3 nitrogen and oxygen atoms in total. The van der Waals surface area contributed by atoms with Gasteiger partial charge in [-0.25, -0.2) is 0 Å². The molecule has 1 aromatic carbocycles. The lowest BCUT2D eigenvalue weighted by atomic mass is 9.99. The Labute approximate surface area is 130 Å². The molecule has 1 aliphatic rings. The van der Waals surface area contributed by atoms with Crippen LogP contribution < -0.4 is 5.73 Å². The molecule has 1 heterocycles. The molecule has 3 unspecified atom stereocenters. The number of nitrogens with two attached hydrogens (primary N) is 1. The molecule has 2 rings (SSSR count). The van der Waals surface area contributed by atoms with Crippen molar-refractivity contribution in [3.63, 3.8) is 0 Å². The van der Waals surface area contributed by atoms with E-state index in [1.807, 2.05) is 0 Å². The monoisotopic (exact) mass is 289 g/mol. The van der Waals surface area contributed by atoms with Crippen molar-refractivity contribution >= 4 is 0 Å². The van der Waals surface area contributed by atoms with Crippen LogP contribution in [0.15, 0.2) is 24.3 Å². The maximum Gasteiger partial charge on any atom is 0.0450 e. The predicted molar refractivity (Wildman–Crippen MR) is 90.5 cm³/mol. The minimum atomic E-state index is 0.0982. The number of nitrogens with zero attached hydrogens (tertiary/aromatic N) is 2. The second kappa shape index (κ2) is 7.39. The fourth-order valence-corrected chi connectivity index (χ4v) is 3.47. The zero-order chi connectivity index (χ0) is 15.4. The van der Waals surface area contributed by atoms with Gasteiger partial charge in [-0.3, -0.25) is 9.80 Å². The summed E-state index contributed by atoms with van der Waals surface area (Å²) >= 11 is 0. The van der Waals surface area contributed by atoms with Crippen molar-refractivity contribution < 1.29 is 0 Å². The van der Waals surface area contributed by atoms with Gasteiger partial charge in [-0.15, -0.1) is 0 Å². The number of hydrogen-bond donors (Lipinski definition) is 1. The molecule has 21 heavy (non-hydrogen) atoms. The average molecular weight is 289 g/mol. The summed E-state index contributed by atoms with van der Waals surface area (Å²) in [5, 5.41) is 0. The highest BCUT2D eigenvalue weighted by molar-refractivity contribution is 5.25. The molecule has 1 aliphatic heterocycles. The first-order valence-corrected chi connectivity index (χ1v) is 8.37. The van der Waals surface area contributed by atoms with Crippen molar-refractivity contribution in [3.05, 3.63) is 35.4 Å². The number of benzene rings is 1. The van der Waals surface area contributed by atoms with Crippen molar-refractivity contribution in [3.8, 4) is 0 Å². The summed E-state index contributed by atoms with van der Waals surface area (Å²) in [7, 11) is 0. The summed E-state index contributed by atoms with van der Waals surface area (Å²) < 4.78 is 0. The van der Waals surface area contributed by atoms with Crippen LogP contribution in [0.5, 0.6) is 0 Å². The van der Waals surface area contributed by atoms with Crippen LogP contribution in [-0.2, 0) is 0 Å². The van der Waals surface area contributed by atoms with E-state index in [-0.39, 0.29) is 6.04 Å². The molecule has 0 bridgehead atoms. The Bertz CT molecular complexity index is 425. The molecule has 0 amide bonds. The average Bonchev–Trinajstić information content (AvgIpc) is 2.97. The van der Waals surface area contributed by atoms with E-state index in [0.29, 0.717) is 12.1 Å². The maximum absolute atomic E-state index is 6.50. The molecule has 1 fully saturated rings. The zero-order valence-electron chi connectivity index (χ0n) is 14.0. The van der Waals surface area contributed by atoms with Gasteiger partial charge in [0.05, 0.1) is 0 Å². The van der Waals surface area contributed by atoms with E-state index in [2.05, 4.69) is 61.8 Å². The summed E-state index contributed by atoms with van der Waals surface area (Å²) in [5.74, 6) is 0. The van der Waals surface area contributed by atoms with E-state index in [1.165, 1.54) is 24.1 Å². The normalized spacial score (nSPS) is 22.7. The minimum absolute atomic E-state index is 0.0982. The van der Waals surface area contributed by atoms with Crippen molar-refractivity contribution in [2.45, 2.75) is 52.2 Å². The van der Waals surface area contributed by atoms with E-state index < -0.39 is 0 Å². The smallest absolute Gasteiger partial charge is 0.0450 e. The van der Waals surface area contributed by atoms with Gasteiger partial charge in [0.25, 0.3) is 0 Å². The van der Waals surface area contributed by atoms with Crippen molar-refractivity contribution in [2.24, 2.45) is 5.73 Å². The first-order chi connectivity index (χ1) is 10.1. The third kappa shape index (κ3) is 3.85. The first kappa shape index (κ1) is 16.5. The highest BCUT2D eigenvalue weighted by Crippen LogP contribution is 2.24. The van der Waals surface area contributed by atoms with Crippen LogP contribution >= 0.6 is 0 Å². The van der Waals surface area contributed by atoms with Crippen LogP contribution in [-0.4, -0.2) is 48.1 Å². The lowest BCUT2D eigenvalue weighted by molar-refractivity contribution is 0.181. The number of likely N-dealkylation sites (tertiary alicyclic amines) is 1. The van der Waals surface area contributed by atoms with Gasteiger partial charge in [0.2, 0.25) is 0 Å². The molecule has 1 aromatic rings. The maximum atomic E-state index is 6.50. The van der Waals surface area contributed by atoms with Gasteiger partial charge in [-0.1, -0.05) is 43.7 Å². The second-order valence-corrected chi connectivity index (χ2v) is 6.34. The van der Waals surface area contributed by atoms with E-state index in [4.69, 9.17) is 5.73 Å². The largest absolute Gasteiger partial charge is 0.323 e. The van der Waals surface area contributed by atoms with Gasteiger partial charge < -0.3 is 5.73 Å². The summed E-state index contributed by atoms with van der Waals surface area (Å²) in [5.41, 5.74) is 9.04. The summed E-state index contributed by atoms with van der Waals surface area (Å²) in [4.78, 5) is 5.14. The number of likely N-dealkylation sites (N-methyl/N-ethyl adjacent to an activating group) is 1.